The summed E-state index contributed by atoms with van der Waals surface area (Å²) in [6, 6.07) is 10.2. The molecule has 0 fully saturated rings. The van der Waals surface area contributed by atoms with E-state index in [0.29, 0.717) is 12.8 Å². The molecule has 0 radical (unpaired) electrons. The Morgan fingerprint density at radius 2 is 2.11 bits per heavy atom. The van der Waals surface area contributed by atoms with Gasteiger partial charge in [0, 0.05) is 38.1 Å². The van der Waals surface area contributed by atoms with Gasteiger partial charge in [-0.3, -0.25) is 9.48 Å². The fourth-order valence-corrected chi connectivity index (χ4v) is 3.43. The number of aliphatic hydroxyl groups is 1. The van der Waals surface area contributed by atoms with Gasteiger partial charge in [0.1, 0.15) is 0 Å². The lowest BCUT2D eigenvalue weighted by Gasteiger charge is -2.27. The van der Waals surface area contributed by atoms with Crippen molar-refractivity contribution in [2.45, 2.75) is 44.7 Å². The summed E-state index contributed by atoms with van der Waals surface area (Å²) in [6.07, 6.45) is 13.9. The third kappa shape index (κ3) is 5.89. The van der Waals surface area contributed by atoms with Gasteiger partial charge in [0.05, 0.1) is 11.7 Å². The summed E-state index contributed by atoms with van der Waals surface area (Å²) in [7, 11) is 0. The fourth-order valence-electron chi connectivity index (χ4n) is 3.43. The highest BCUT2D eigenvalue weighted by molar-refractivity contribution is 5.76. The molecule has 2 unspecified atom stereocenters. The van der Waals surface area contributed by atoms with Crippen molar-refractivity contribution in [2.75, 3.05) is 6.61 Å². The summed E-state index contributed by atoms with van der Waals surface area (Å²) in [4.78, 5) is 12.6. The van der Waals surface area contributed by atoms with E-state index in [-0.39, 0.29) is 24.5 Å². The molecule has 0 spiro atoms. The van der Waals surface area contributed by atoms with Crippen LogP contribution in [-0.2, 0) is 17.8 Å². The Labute approximate surface area is 166 Å². The van der Waals surface area contributed by atoms with E-state index in [9.17, 15) is 4.79 Å². The van der Waals surface area contributed by atoms with Gasteiger partial charge in [0.15, 0.2) is 0 Å². The lowest BCUT2D eigenvalue weighted by molar-refractivity contribution is -0.122. The quantitative estimate of drug-likeness (QED) is 0.621. The number of aromatic nitrogens is 3. The van der Waals surface area contributed by atoms with Crippen molar-refractivity contribution in [3.63, 3.8) is 0 Å². The van der Waals surface area contributed by atoms with Crippen molar-refractivity contribution in [3.8, 4) is 0 Å². The number of nitrogens with zero attached hydrogens (tertiary/aromatic N) is 3. The molecular weight excluding hydrogens is 352 g/mol. The summed E-state index contributed by atoms with van der Waals surface area (Å²) >= 11 is 0. The average Bonchev–Trinajstić information content (AvgIpc) is 3.18. The number of carbonyl (C=O) groups excluding carboxylic acids is 1. The zero-order chi connectivity index (χ0) is 19.6. The number of rotatable bonds is 10. The molecule has 28 heavy (non-hydrogen) atoms. The van der Waals surface area contributed by atoms with Gasteiger partial charge in [-0.15, -0.1) is 5.10 Å². The van der Waals surface area contributed by atoms with Gasteiger partial charge in [-0.05, 0) is 24.8 Å². The van der Waals surface area contributed by atoms with Gasteiger partial charge in [0.2, 0.25) is 5.91 Å². The van der Waals surface area contributed by atoms with E-state index in [1.807, 2.05) is 24.4 Å². The van der Waals surface area contributed by atoms with E-state index in [2.05, 4.69) is 52.1 Å². The molecule has 0 saturated carbocycles. The van der Waals surface area contributed by atoms with Crippen LogP contribution < -0.4 is 5.32 Å². The lowest BCUT2D eigenvalue weighted by atomic mass is 9.88. The number of benzene rings is 1. The van der Waals surface area contributed by atoms with Gasteiger partial charge < -0.3 is 10.4 Å². The smallest absolute Gasteiger partial charge is 0.220 e. The third-order valence-corrected chi connectivity index (χ3v) is 4.91. The zero-order valence-corrected chi connectivity index (χ0v) is 16.1. The number of hydrogen-bond acceptors (Lipinski definition) is 4. The Hall–Kier alpha value is -2.73. The van der Waals surface area contributed by atoms with Gasteiger partial charge in [0.25, 0.3) is 0 Å². The fraction of sp³-hybridized carbons (Fsp3) is 0.409. The summed E-state index contributed by atoms with van der Waals surface area (Å²) in [5.74, 6) is 0.354. The second-order valence-corrected chi connectivity index (χ2v) is 7.07. The molecule has 3 rings (SSSR count). The molecule has 1 aromatic carbocycles. The minimum atomic E-state index is -0.00810. The minimum Gasteiger partial charge on any atom is -0.396 e. The number of carbonyl (C=O) groups is 1. The van der Waals surface area contributed by atoms with E-state index >= 15 is 0 Å². The van der Waals surface area contributed by atoms with Crippen LogP contribution in [0.1, 0.15) is 43.0 Å². The largest absolute Gasteiger partial charge is 0.396 e. The second-order valence-electron chi connectivity index (χ2n) is 7.07. The van der Waals surface area contributed by atoms with Crippen molar-refractivity contribution in [2.24, 2.45) is 5.92 Å². The van der Waals surface area contributed by atoms with Crippen LogP contribution in [0, 0.1) is 5.92 Å². The van der Waals surface area contributed by atoms with Crippen LogP contribution in [0.4, 0.5) is 0 Å². The topological polar surface area (TPSA) is 80.0 Å². The maximum absolute atomic E-state index is 12.6. The van der Waals surface area contributed by atoms with E-state index in [4.69, 9.17) is 5.11 Å². The maximum atomic E-state index is 12.6. The van der Waals surface area contributed by atoms with Crippen molar-refractivity contribution in [1.82, 2.24) is 20.3 Å². The number of allylic oxidation sites excluding steroid dienone is 3. The predicted molar refractivity (Wildman–Crippen MR) is 108 cm³/mol. The number of amides is 1. The molecule has 0 saturated heterocycles. The number of aliphatic hydroxyl groups excluding tert-OH is 1. The molecular formula is C22H28N4O2. The molecule has 1 aliphatic rings. The van der Waals surface area contributed by atoms with Crippen molar-refractivity contribution < 1.29 is 9.90 Å². The molecule has 2 aromatic rings. The van der Waals surface area contributed by atoms with Crippen LogP contribution in [0.25, 0.3) is 0 Å². The van der Waals surface area contributed by atoms with Crippen LogP contribution in [0.15, 0.2) is 60.8 Å². The first kappa shape index (κ1) is 20.0. The Kier molecular flexibility index (Phi) is 7.55. The number of aryl methyl sites for hydroxylation is 1. The van der Waals surface area contributed by atoms with Crippen molar-refractivity contribution in [3.05, 3.63) is 72.1 Å². The number of unbranched alkanes of at least 4 members (excludes halogenated alkanes) is 1. The zero-order valence-electron chi connectivity index (χ0n) is 16.1. The van der Waals surface area contributed by atoms with E-state index in [0.717, 1.165) is 37.1 Å². The molecule has 0 aliphatic heterocycles. The van der Waals surface area contributed by atoms with Crippen LogP contribution in [0.5, 0.6) is 0 Å². The minimum absolute atomic E-state index is 0.00810. The van der Waals surface area contributed by atoms with Crippen LogP contribution in [0.2, 0.25) is 0 Å². The average molecular weight is 380 g/mol. The Balaban J connectivity index is 1.48. The predicted octanol–water partition coefficient (Wildman–Crippen LogP) is 2.97. The Morgan fingerprint density at radius 1 is 1.25 bits per heavy atom. The molecule has 148 valence electrons. The first-order valence-corrected chi connectivity index (χ1v) is 9.94. The van der Waals surface area contributed by atoms with E-state index in [1.54, 1.807) is 4.68 Å². The molecule has 1 heterocycles. The standard InChI is InChI=1S/C22H28N4O2/c27-16-14-20-17-26(25-24-20)15-8-7-13-21(28)23-22(18-9-3-1-4-10-18)19-11-5-2-6-12-19/h1-6,9-11,17,19,22,27H,7-8,12-16H2,(H,23,28). The van der Waals surface area contributed by atoms with Crippen molar-refractivity contribution in [1.29, 1.82) is 0 Å². The molecule has 1 aliphatic carbocycles. The van der Waals surface area contributed by atoms with Crippen molar-refractivity contribution >= 4 is 5.91 Å². The van der Waals surface area contributed by atoms with Gasteiger partial charge in [-0.25, -0.2) is 0 Å². The van der Waals surface area contributed by atoms with Crippen LogP contribution >= 0.6 is 0 Å². The molecule has 0 bridgehead atoms. The molecule has 1 amide bonds. The van der Waals surface area contributed by atoms with Gasteiger partial charge in [-0.1, -0.05) is 59.8 Å². The summed E-state index contributed by atoms with van der Waals surface area (Å²) in [5, 5.41) is 20.2. The molecule has 6 nitrogen and oxygen atoms in total. The van der Waals surface area contributed by atoms with E-state index < -0.39 is 0 Å². The summed E-state index contributed by atoms with van der Waals surface area (Å²) in [6.45, 7) is 0.803. The lowest BCUT2D eigenvalue weighted by Crippen LogP contribution is -2.33. The van der Waals surface area contributed by atoms with Crippen LogP contribution in [0.3, 0.4) is 0 Å². The molecule has 1 aromatic heterocycles. The first-order chi connectivity index (χ1) is 13.8. The molecule has 2 N–H and O–H groups in total. The van der Waals surface area contributed by atoms with Gasteiger partial charge in [-0.2, -0.15) is 0 Å². The van der Waals surface area contributed by atoms with Gasteiger partial charge >= 0.3 is 0 Å². The second kappa shape index (κ2) is 10.6. The highest BCUT2D eigenvalue weighted by Crippen LogP contribution is 2.28. The van der Waals surface area contributed by atoms with E-state index in [1.165, 1.54) is 0 Å². The molecule has 6 heteroatoms. The third-order valence-electron chi connectivity index (χ3n) is 4.91. The molecule has 2 atom stereocenters. The number of nitrogens with one attached hydrogen (secondary N) is 1. The summed E-state index contributed by atoms with van der Waals surface area (Å²) in [5.41, 5.74) is 1.93. The highest BCUT2D eigenvalue weighted by Gasteiger charge is 2.22. The Bertz CT molecular complexity index is 798. The monoisotopic (exact) mass is 380 g/mol. The maximum Gasteiger partial charge on any atom is 0.220 e. The number of hydrogen-bond donors (Lipinski definition) is 2. The summed E-state index contributed by atoms with van der Waals surface area (Å²) < 4.78 is 1.77. The SMILES string of the molecule is O=C(CCCCn1cc(CCO)nn1)NC(c1ccccc1)C1C=CC=CC1. The Morgan fingerprint density at radius 3 is 2.86 bits per heavy atom. The first-order valence-electron chi connectivity index (χ1n) is 9.94. The normalized spacial score (nSPS) is 16.8. The van der Waals surface area contributed by atoms with Crippen LogP contribution in [-0.4, -0.2) is 32.6 Å². The highest BCUT2D eigenvalue weighted by atomic mass is 16.3.